The van der Waals surface area contributed by atoms with Crippen molar-refractivity contribution in [3.8, 4) is 17.6 Å². The molecule has 0 bridgehead atoms. The highest BCUT2D eigenvalue weighted by Gasteiger charge is 2.64. The Labute approximate surface area is 190 Å². The molecule has 9 nitrogen and oxygen atoms in total. The molecule has 5 atom stereocenters. The van der Waals surface area contributed by atoms with E-state index < -0.39 is 52.7 Å². The van der Waals surface area contributed by atoms with Crippen molar-refractivity contribution in [3.63, 3.8) is 0 Å². The second-order valence-corrected chi connectivity index (χ2v) is 9.15. The predicted molar refractivity (Wildman–Crippen MR) is 118 cm³/mol. The smallest absolute Gasteiger partial charge is 0.230 e. The summed E-state index contributed by atoms with van der Waals surface area (Å²) in [6.07, 6.45) is -1.17. The number of hydrogen-bond acceptors (Lipinski definition) is 8. The number of Topliss-reactive ketones (excluding diaryl/α,β-unsaturated/α-hetero) is 2. The first-order chi connectivity index (χ1) is 15.4. The van der Waals surface area contributed by atoms with Crippen molar-refractivity contribution >= 4 is 28.9 Å². The maximum Gasteiger partial charge on any atom is 0.230 e. The molecule has 2 fully saturated rings. The van der Waals surface area contributed by atoms with Gasteiger partial charge in [0.1, 0.15) is 17.4 Å². The summed E-state index contributed by atoms with van der Waals surface area (Å²) in [6, 6.07) is 1.70. The lowest BCUT2D eigenvalue weighted by molar-refractivity contribution is -0.174. The number of ketones is 2. The van der Waals surface area contributed by atoms with Crippen LogP contribution in [0.4, 0.5) is 5.69 Å². The first kappa shape index (κ1) is 22.8. The zero-order valence-electron chi connectivity index (χ0n) is 18.5. The van der Waals surface area contributed by atoms with Gasteiger partial charge in [0.15, 0.2) is 11.4 Å². The Kier molecular flexibility index (Phi) is 5.26. The van der Waals surface area contributed by atoms with Gasteiger partial charge >= 0.3 is 0 Å². The molecule has 0 spiro atoms. The number of phenols is 1. The number of nitrogens with zero attached hydrogens (tertiary/aromatic N) is 1. The molecule has 1 aromatic rings. The number of aliphatic hydroxyl groups is 3. The fraction of sp³-hybridized carbons (Fsp3) is 0.458. The minimum atomic E-state index is -2.59. The molecule has 0 aliphatic heterocycles. The van der Waals surface area contributed by atoms with Crippen LogP contribution in [0.15, 0.2) is 11.6 Å². The van der Waals surface area contributed by atoms with Crippen LogP contribution in [0.3, 0.4) is 0 Å². The summed E-state index contributed by atoms with van der Waals surface area (Å²) in [7, 11) is 3.61. The van der Waals surface area contributed by atoms with Gasteiger partial charge in [-0.2, -0.15) is 0 Å². The predicted octanol–water partition coefficient (Wildman–Crippen LogP) is 0.0263. The Morgan fingerprint density at radius 2 is 1.91 bits per heavy atom. The van der Waals surface area contributed by atoms with E-state index in [-0.39, 0.29) is 41.7 Å². The average Bonchev–Trinajstić information content (AvgIpc) is 2.72. The summed E-state index contributed by atoms with van der Waals surface area (Å²) < 4.78 is 0. The molecule has 0 aromatic heterocycles. The fourth-order valence-electron chi connectivity index (χ4n) is 5.60. The number of fused-ring (bicyclic) bond motifs is 3. The van der Waals surface area contributed by atoms with E-state index in [0.29, 0.717) is 11.3 Å². The van der Waals surface area contributed by atoms with E-state index in [1.165, 1.54) is 0 Å². The van der Waals surface area contributed by atoms with Crippen molar-refractivity contribution in [1.29, 1.82) is 0 Å². The lowest BCUT2D eigenvalue weighted by Gasteiger charge is -2.48. The number of rotatable bonds is 2. The van der Waals surface area contributed by atoms with E-state index >= 15 is 0 Å². The summed E-state index contributed by atoms with van der Waals surface area (Å²) in [4.78, 5) is 40.1. The lowest BCUT2D eigenvalue weighted by Crippen LogP contribution is -2.66. The van der Waals surface area contributed by atoms with E-state index in [0.717, 1.165) is 0 Å². The first-order valence-corrected chi connectivity index (χ1v) is 10.7. The highest BCUT2D eigenvalue weighted by molar-refractivity contribution is 6.24. The SMILES string of the molecule is CC#Cc1cc(N(C)C)c2c(c1O)C(O)=C1C(=O)[C@]3(O)C(=O)C(C(N)=O)C(O)C[C@@H]3C[C@@H]1C2. The topological polar surface area (TPSA) is 161 Å². The quantitative estimate of drug-likeness (QED) is 0.309. The van der Waals surface area contributed by atoms with Crippen LogP contribution in [0.1, 0.15) is 36.5 Å². The minimum Gasteiger partial charge on any atom is -0.507 e. The number of aromatic hydroxyl groups is 1. The lowest BCUT2D eigenvalue weighted by atomic mass is 9.56. The van der Waals surface area contributed by atoms with Crippen LogP contribution >= 0.6 is 0 Å². The molecule has 33 heavy (non-hydrogen) atoms. The molecule has 3 aliphatic carbocycles. The van der Waals surface area contributed by atoms with Gasteiger partial charge in [0.05, 0.1) is 17.2 Å². The van der Waals surface area contributed by atoms with Crippen molar-refractivity contribution in [2.75, 3.05) is 19.0 Å². The standard InChI is InChI=1S/C24H26N2O7/c1-4-5-10-8-14(26(2)3)13-7-11-6-12-9-15(27)18(23(25)32)22(31)24(12,33)21(30)16(11)20(29)17(13)19(10)28/h8,11-12,15,18,27-29,33H,6-7,9H2,1-3H3,(H2,25,32)/t11-,12+,15?,18?,24+/m1/s1. The van der Waals surface area contributed by atoms with Gasteiger partial charge in [0, 0.05) is 31.3 Å². The molecule has 4 rings (SSSR count). The molecular weight excluding hydrogens is 428 g/mol. The van der Waals surface area contributed by atoms with E-state index in [9.17, 15) is 34.8 Å². The third-order valence-electron chi connectivity index (χ3n) is 7.10. The number of hydrogen-bond donors (Lipinski definition) is 5. The summed E-state index contributed by atoms with van der Waals surface area (Å²) >= 11 is 0. The molecule has 3 aliphatic rings. The van der Waals surface area contributed by atoms with Gasteiger partial charge in [0.2, 0.25) is 11.7 Å². The molecule has 0 heterocycles. The molecule has 9 heteroatoms. The van der Waals surface area contributed by atoms with Crippen LogP contribution in [0.5, 0.6) is 5.75 Å². The van der Waals surface area contributed by atoms with Crippen molar-refractivity contribution < 1.29 is 34.8 Å². The molecule has 1 amide bonds. The van der Waals surface area contributed by atoms with Crippen LogP contribution < -0.4 is 10.6 Å². The van der Waals surface area contributed by atoms with Gasteiger partial charge in [-0.1, -0.05) is 5.92 Å². The number of anilines is 1. The Hall–Kier alpha value is -3.35. The van der Waals surface area contributed by atoms with E-state index in [1.807, 2.05) is 4.90 Å². The fourth-order valence-corrected chi connectivity index (χ4v) is 5.60. The Morgan fingerprint density at radius 3 is 2.48 bits per heavy atom. The number of amides is 1. The summed E-state index contributed by atoms with van der Waals surface area (Å²) in [5.41, 5.74) is 4.11. The molecule has 6 N–H and O–H groups in total. The molecule has 2 saturated carbocycles. The highest BCUT2D eigenvalue weighted by Crippen LogP contribution is 2.53. The summed E-state index contributed by atoms with van der Waals surface area (Å²) in [6.45, 7) is 1.60. The molecule has 1 aromatic carbocycles. The van der Waals surface area contributed by atoms with Crippen LogP contribution in [0.2, 0.25) is 0 Å². The second-order valence-electron chi connectivity index (χ2n) is 9.15. The van der Waals surface area contributed by atoms with Crippen molar-refractivity contribution in [1.82, 2.24) is 0 Å². The number of carbonyl (C=O) groups is 3. The number of aliphatic hydroxyl groups excluding tert-OH is 2. The van der Waals surface area contributed by atoms with Gasteiger partial charge in [-0.15, -0.1) is 5.92 Å². The largest absolute Gasteiger partial charge is 0.507 e. The molecule has 0 radical (unpaired) electrons. The molecule has 2 unspecified atom stereocenters. The first-order valence-electron chi connectivity index (χ1n) is 10.7. The normalized spacial score (nSPS) is 30.6. The van der Waals surface area contributed by atoms with Gasteiger partial charge in [0.25, 0.3) is 0 Å². The molecule has 0 saturated heterocycles. The van der Waals surface area contributed by atoms with Gasteiger partial charge in [-0.3, -0.25) is 14.4 Å². The second kappa shape index (κ2) is 7.61. The van der Waals surface area contributed by atoms with Crippen molar-refractivity contribution in [3.05, 3.63) is 28.3 Å². The maximum atomic E-state index is 13.5. The highest BCUT2D eigenvalue weighted by atomic mass is 16.3. The third kappa shape index (κ3) is 3.05. The number of phenolic OH excluding ortho intramolecular Hbond substituents is 1. The monoisotopic (exact) mass is 454 g/mol. The van der Waals surface area contributed by atoms with E-state index in [4.69, 9.17) is 5.73 Å². The third-order valence-corrected chi connectivity index (χ3v) is 7.10. The van der Waals surface area contributed by atoms with Crippen LogP contribution in [-0.2, 0) is 20.8 Å². The minimum absolute atomic E-state index is 0.0374. The number of benzene rings is 1. The van der Waals surface area contributed by atoms with Crippen LogP contribution in [-0.4, -0.2) is 63.7 Å². The van der Waals surface area contributed by atoms with Gasteiger partial charge in [-0.25, -0.2) is 0 Å². The molecular formula is C24H26N2O7. The number of nitrogens with two attached hydrogens (primary N) is 1. The summed E-state index contributed by atoms with van der Waals surface area (Å²) in [5, 5.41) is 43.7. The number of carbonyl (C=O) groups excluding carboxylic acids is 3. The molecule has 174 valence electrons. The van der Waals surface area contributed by atoms with Gasteiger partial charge in [-0.05, 0) is 43.7 Å². The van der Waals surface area contributed by atoms with E-state index in [2.05, 4.69) is 11.8 Å². The van der Waals surface area contributed by atoms with Gasteiger partial charge < -0.3 is 31.1 Å². The zero-order valence-corrected chi connectivity index (χ0v) is 18.5. The average molecular weight is 454 g/mol. The Bertz CT molecular complexity index is 1190. The van der Waals surface area contributed by atoms with Crippen molar-refractivity contribution in [2.45, 2.75) is 37.9 Å². The Balaban J connectivity index is 1.94. The number of primary amides is 1. The maximum absolute atomic E-state index is 13.5. The van der Waals surface area contributed by atoms with Crippen LogP contribution in [0, 0.1) is 29.6 Å². The zero-order chi connectivity index (χ0) is 24.4. The van der Waals surface area contributed by atoms with E-state index in [1.54, 1.807) is 27.1 Å². The van der Waals surface area contributed by atoms with Crippen molar-refractivity contribution in [2.24, 2.45) is 23.5 Å². The van der Waals surface area contributed by atoms with Crippen LogP contribution in [0.25, 0.3) is 5.76 Å². The Morgan fingerprint density at radius 1 is 1.24 bits per heavy atom. The summed E-state index contributed by atoms with van der Waals surface area (Å²) in [5.74, 6) is -1.85.